The van der Waals surface area contributed by atoms with Crippen molar-refractivity contribution < 1.29 is 4.79 Å². The Kier molecular flexibility index (Phi) is 3.52. The summed E-state index contributed by atoms with van der Waals surface area (Å²) < 4.78 is 5.66. The van der Waals surface area contributed by atoms with E-state index in [9.17, 15) is 4.79 Å². The predicted octanol–water partition coefficient (Wildman–Crippen LogP) is 1.60. The van der Waals surface area contributed by atoms with Crippen LogP contribution in [0.5, 0.6) is 0 Å². The molecule has 7 heteroatoms. The van der Waals surface area contributed by atoms with Gasteiger partial charge in [0, 0.05) is 32.3 Å². The van der Waals surface area contributed by atoms with Crippen molar-refractivity contribution in [2.45, 2.75) is 25.7 Å². The molecule has 0 radical (unpaired) electrons. The van der Waals surface area contributed by atoms with Crippen LogP contribution in [0.2, 0.25) is 0 Å². The lowest BCUT2D eigenvalue weighted by atomic mass is 9.92. The molecule has 0 saturated carbocycles. The second-order valence-corrected chi connectivity index (χ2v) is 5.98. The minimum atomic E-state index is 0.0612. The van der Waals surface area contributed by atoms with Crippen molar-refractivity contribution in [1.29, 1.82) is 0 Å². The number of nitrogens with zero attached hydrogens (tertiary/aromatic N) is 5. The average Bonchev–Trinajstić information content (AvgIpc) is 3.07. The maximum absolute atomic E-state index is 12.5. The summed E-state index contributed by atoms with van der Waals surface area (Å²) in [6.45, 7) is 3.40. The third-order valence-electron chi connectivity index (χ3n) is 3.75. The van der Waals surface area contributed by atoms with Crippen LogP contribution < -0.4 is 0 Å². The molecule has 1 fully saturated rings. The van der Waals surface area contributed by atoms with Crippen LogP contribution in [-0.4, -0.2) is 43.3 Å². The molecule has 1 saturated heterocycles. The van der Waals surface area contributed by atoms with Gasteiger partial charge in [0.2, 0.25) is 0 Å². The summed E-state index contributed by atoms with van der Waals surface area (Å²) in [5.74, 6) is 0.439. The largest absolute Gasteiger partial charge is 0.337 e. The Labute approximate surface area is 121 Å². The van der Waals surface area contributed by atoms with Gasteiger partial charge in [-0.15, -0.1) is 5.10 Å². The molecule has 1 atom stereocenters. The fourth-order valence-electron chi connectivity index (χ4n) is 2.66. The van der Waals surface area contributed by atoms with Crippen LogP contribution in [-0.2, 0) is 7.05 Å². The van der Waals surface area contributed by atoms with Gasteiger partial charge in [-0.25, -0.2) is 0 Å². The van der Waals surface area contributed by atoms with Gasteiger partial charge in [0.15, 0.2) is 0 Å². The Morgan fingerprint density at radius 2 is 2.35 bits per heavy atom. The lowest BCUT2D eigenvalue weighted by Crippen LogP contribution is -2.39. The van der Waals surface area contributed by atoms with E-state index in [1.54, 1.807) is 0 Å². The van der Waals surface area contributed by atoms with Gasteiger partial charge in [0.25, 0.3) is 5.91 Å². The molecule has 2 aromatic rings. The summed E-state index contributed by atoms with van der Waals surface area (Å²) in [4.78, 5) is 15.1. The lowest BCUT2D eigenvalue weighted by Gasteiger charge is -2.32. The van der Waals surface area contributed by atoms with Crippen LogP contribution in [0.4, 0.5) is 0 Å². The third-order valence-corrected chi connectivity index (χ3v) is 4.57. The topological polar surface area (TPSA) is 63.9 Å². The highest BCUT2D eigenvalue weighted by Gasteiger charge is 2.28. The fraction of sp³-hybridized carbons (Fsp3) is 0.538. The Morgan fingerprint density at radius 3 is 3.00 bits per heavy atom. The fourth-order valence-corrected chi connectivity index (χ4v) is 3.28. The number of aryl methyl sites for hydroxylation is 2. The van der Waals surface area contributed by atoms with E-state index in [4.69, 9.17) is 0 Å². The van der Waals surface area contributed by atoms with Crippen molar-refractivity contribution in [2.24, 2.45) is 7.05 Å². The highest BCUT2D eigenvalue weighted by Crippen LogP contribution is 2.28. The Balaban J connectivity index is 1.75. The van der Waals surface area contributed by atoms with Crippen LogP contribution >= 0.6 is 11.5 Å². The summed E-state index contributed by atoms with van der Waals surface area (Å²) >= 11 is 1.18. The first kappa shape index (κ1) is 13.2. The molecule has 0 spiro atoms. The van der Waals surface area contributed by atoms with E-state index in [1.807, 2.05) is 35.9 Å². The van der Waals surface area contributed by atoms with Gasteiger partial charge in [-0.05, 0) is 36.9 Å². The van der Waals surface area contributed by atoms with E-state index in [1.165, 1.54) is 17.1 Å². The second-order valence-electron chi connectivity index (χ2n) is 5.23. The molecule has 1 aliphatic rings. The number of carbonyl (C=O) groups excluding carboxylic acids is 1. The quantitative estimate of drug-likeness (QED) is 0.843. The number of carbonyl (C=O) groups is 1. The number of rotatable bonds is 2. The number of aromatic nitrogens is 4. The molecule has 0 aliphatic carbocycles. The summed E-state index contributed by atoms with van der Waals surface area (Å²) in [6.07, 6.45) is 6.07. The van der Waals surface area contributed by atoms with Gasteiger partial charge in [0.05, 0.1) is 11.9 Å². The predicted molar refractivity (Wildman–Crippen MR) is 75.7 cm³/mol. The number of amides is 1. The number of hydrogen-bond donors (Lipinski definition) is 0. The maximum Gasteiger partial charge on any atom is 0.267 e. The van der Waals surface area contributed by atoms with Gasteiger partial charge in [-0.2, -0.15) is 5.10 Å². The van der Waals surface area contributed by atoms with Crippen molar-refractivity contribution >= 4 is 17.4 Å². The highest BCUT2D eigenvalue weighted by atomic mass is 32.1. The first-order chi connectivity index (χ1) is 9.65. The smallest absolute Gasteiger partial charge is 0.267 e. The zero-order valence-corrected chi connectivity index (χ0v) is 12.4. The SMILES string of the molecule is Cc1nnsc1C(=O)N1CCCC(c2cnn(C)c2)C1. The molecule has 106 valence electrons. The zero-order chi connectivity index (χ0) is 14.1. The van der Waals surface area contributed by atoms with Crippen LogP contribution in [0, 0.1) is 6.92 Å². The van der Waals surface area contributed by atoms with Crippen molar-refractivity contribution in [3.63, 3.8) is 0 Å². The molecule has 20 heavy (non-hydrogen) atoms. The average molecular weight is 291 g/mol. The summed E-state index contributed by atoms with van der Waals surface area (Å²) in [7, 11) is 1.92. The van der Waals surface area contributed by atoms with Gasteiger partial charge < -0.3 is 4.90 Å². The maximum atomic E-state index is 12.5. The molecular weight excluding hydrogens is 274 g/mol. The third kappa shape index (κ3) is 2.45. The molecule has 0 bridgehead atoms. The number of hydrogen-bond acceptors (Lipinski definition) is 5. The number of likely N-dealkylation sites (tertiary alicyclic amines) is 1. The van der Waals surface area contributed by atoms with Crippen LogP contribution in [0.1, 0.15) is 39.7 Å². The first-order valence-electron chi connectivity index (χ1n) is 6.72. The zero-order valence-electron chi connectivity index (χ0n) is 11.6. The Hall–Kier alpha value is -1.76. The van der Waals surface area contributed by atoms with Gasteiger partial charge >= 0.3 is 0 Å². The first-order valence-corrected chi connectivity index (χ1v) is 7.49. The van der Waals surface area contributed by atoms with Crippen molar-refractivity contribution in [3.05, 3.63) is 28.5 Å². The van der Waals surface area contributed by atoms with Crippen LogP contribution in [0.15, 0.2) is 12.4 Å². The van der Waals surface area contributed by atoms with E-state index in [0.29, 0.717) is 10.8 Å². The van der Waals surface area contributed by atoms with E-state index in [2.05, 4.69) is 14.7 Å². The minimum absolute atomic E-state index is 0.0612. The van der Waals surface area contributed by atoms with Crippen LogP contribution in [0.25, 0.3) is 0 Å². The normalized spacial score (nSPS) is 19.3. The van der Waals surface area contributed by atoms with Crippen molar-refractivity contribution in [3.8, 4) is 0 Å². The standard InChI is InChI=1S/C13H17N5OS/c1-9-12(20-16-15-9)13(19)18-5-3-4-10(8-18)11-6-14-17(2)7-11/h6-7,10H,3-5,8H2,1-2H3. The Bertz CT molecular complexity index is 620. The van der Waals surface area contributed by atoms with E-state index in [-0.39, 0.29) is 5.91 Å². The Morgan fingerprint density at radius 1 is 1.50 bits per heavy atom. The molecule has 3 rings (SSSR count). The van der Waals surface area contributed by atoms with Crippen molar-refractivity contribution in [2.75, 3.05) is 13.1 Å². The van der Waals surface area contributed by atoms with Gasteiger partial charge in [-0.1, -0.05) is 4.49 Å². The van der Waals surface area contributed by atoms with Crippen molar-refractivity contribution in [1.82, 2.24) is 24.3 Å². The monoisotopic (exact) mass is 291 g/mol. The van der Waals surface area contributed by atoms with Crippen LogP contribution in [0.3, 0.4) is 0 Å². The van der Waals surface area contributed by atoms with E-state index >= 15 is 0 Å². The summed E-state index contributed by atoms with van der Waals surface area (Å²) in [6, 6.07) is 0. The molecule has 1 unspecified atom stereocenters. The van der Waals surface area contributed by atoms with E-state index in [0.717, 1.165) is 31.6 Å². The van der Waals surface area contributed by atoms with E-state index < -0.39 is 0 Å². The molecule has 0 N–H and O–H groups in total. The minimum Gasteiger partial charge on any atom is -0.337 e. The summed E-state index contributed by atoms with van der Waals surface area (Å²) in [5.41, 5.74) is 1.94. The molecule has 1 amide bonds. The molecule has 1 aliphatic heterocycles. The van der Waals surface area contributed by atoms with Gasteiger partial charge in [-0.3, -0.25) is 9.48 Å². The lowest BCUT2D eigenvalue weighted by molar-refractivity contribution is 0.0711. The summed E-state index contributed by atoms with van der Waals surface area (Å²) in [5, 5.41) is 8.14. The molecule has 2 aromatic heterocycles. The highest BCUT2D eigenvalue weighted by molar-refractivity contribution is 7.07. The molecular formula is C13H17N5OS. The molecule has 6 nitrogen and oxygen atoms in total. The number of piperidine rings is 1. The molecule has 0 aromatic carbocycles. The molecule has 3 heterocycles. The second kappa shape index (κ2) is 5.32. The van der Waals surface area contributed by atoms with Gasteiger partial charge in [0.1, 0.15) is 4.88 Å².